The molecule has 0 aromatic carbocycles. The first kappa shape index (κ1) is 20.9. The van der Waals surface area contributed by atoms with Crippen LogP contribution in [0.3, 0.4) is 0 Å². The van der Waals surface area contributed by atoms with E-state index in [-0.39, 0.29) is 36.8 Å². The Hall–Kier alpha value is -0.360. The second kappa shape index (κ2) is 10.4. The lowest BCUT2D eigenvalue weighted by Crippen LogP contribution is -2.41. The zero-order chi connectivity index (χ0) is 12.8. The van der Waals surface area contributed by atoms with Crippen molar-refractivity contribution in [1.82, 2.24) is 10.3 Å². The summed E-state index contributed by atoms with van der Waals surface area (Å²) in [7, 11) is 0. The van der Waals surface area contributed by atoms with Crippen molar-refractivity contribution < 1.29 is 4.79 Å². The van der Waals surface area contributed by atoms with Gasteiger partial charge in [0, 0.05) is 23.3 Å². The van der Waals surface area contributed by atoms with Crippen LogP contribution in [0.5, 0.6) is 0 Å². The normalized spacial score (nSPS) is 11.2. The second-order valence-corrected chi connectivity index (χ2v) is 5.31. The Balaban J connectivity index is 0. The van der Waals surface area contributed by atoms with Crippen LogP contribution in [0.25, 0.3) is 0 Å². The molecule has 0 saturated carbocycles. The summed E-state index contributed by atoms with van der Waals surface area (Å²) in [5, 5.41) is 2.89. The lowest BCUT2D eigenvalue weighted by atomic mass is 10.0. The van der Waals surface area contributed by atoms with Crippen LogP contribution in [0.2, 0.25) is 0 Å². The number of hydrogen-bond acceptors (Lipinski definition) is 3. The molecule has 0 fully saturated rings. The summed E-state index contributed by atoms with van der Waals surface area (Å²) in [4.78, 5) is 15.9. The molecule has 1 amide bonds. The van der Waals surface area contributed by atoms with Crippen molar-refractivity contribution in [2.24, 2.45) is 11.7 Å². The Kier molecular flexibility index (Phi) is 11.5. The fourth-order valence-corrected chi connectivity index (χ4v) is 1.79. The Morgan fingerprint density at radius 3 is 2.47 bits per heavy atom. The predicted molar refractivity (Wildman–Crippen MR) is 86.2 cm³/mol. The van der Waals surface area contributed by atoms with Crippen LogP contribution in [0.1, 0.15) is 30.8 Å². The lowest BCUT2D eigenvalue weighted by molar-refractivity contribution is 0.0928. The minimum Gasteiger partial charge on any atom is -0.347 e. The van der Waals surface area contributed by atoms with Crippen molar-refractivity contribution in [3.8, 4) is 0 Å². The van der Waals surface area contributed by atoms with Crippen LogP contribution in [-0.4, -0.2) is 23.5 Å². The maximum atomic E-state index is 11.9. The first-order valence-electron chi connectivity index (χ1n) is 5.65. The van der Waals surface area contributed by atoms with E-state index in [0.29, 0.717) is 18.2 Å². The molecule has 4 nitrogen and oxygen atoms in total. The van der Waals surface area contributed by atoms with Crippen LogP contribution >= 0.6 is 40.7 Å². The number of halogens is 3. The smallest absolute Gasteiger partial charge is 0.270 e. The Morgan fingerprint density at radius 1 is 1.42 bits per heavy atom. The van der Waals surface area contributed by atoms with Gasteiger partial charge in [0.15, 0.2) is 0 Å². The molecule has 0 bridgehead atoms. The zero-order valence-electron chi connectivity index (χ0n) is 10.9. The summed E-state index contributed by atoms with van der Waals surface area (Å²) in [6, 6.07) is 3.48. The molecule has 1 aromatic heterocycles. The highest BCUT2D eigenvalue weighted by molar-refractivity contribution is 9.10. The zero-order valence-corrected chi connectivity index (χ0v) is 14.1. The molecule has 0 aliphatic carbocycles. The van der Waals surface area contributed by atoms with Gasteiger partial charge in [0.1, 0.15) is 5.69 Å². The van der Waals surface area contributed by atoms with Gasteiger partial charge in [-0.2, -0.15) is 0 Å². The van der Waals surface area contributed by atoms with E-state index in [1.54, 1.807) is 18.3 Å². The van der Waals surface area contributed by atoms with Crippen LogP contribution in [0.4, 0.5) is 0 Å². The fraction of sp³-hybridized carbons (Fsp3) is 0.500. The first-order valence-corrected chi connectivity index (χ1v) is 6.44. The molecule has 0 radical (unpaired) electrons. The minimum atomic E-state index is -0.173. The van der Waals surface area contributed by atoms with Gasteiger partial charge in [-0.25, -0.2) is 4.98 Å². The number of nitrogens with two attached hydrogens (primary N) is 1. The summed E-state index contributed by atoms with van der Waals surface area (Å²) in [6.07, 6.45) is 2.48. The third-order valence-electron chi connectivity index (χ3n) is 2.34. The van der Waals surface area contributed by atoms with Gasteiger partial charge >= 0.3 is 0 Å². The number of pyridine rings is 1. The summed E-state index contributed by atoms with van der Waals surface area (Å²) in [5.74, 6) is 0.329. The number of aromatic nitrogens is 1. The molecule has 7 heteroatoms. The molecule has 1 aromatic rings. The monoisotopic (exact) mass is 371 g/mol. The Labute approximate surface area is 134 Å². The molecule has 19 heavy (non-hydrogen) atoms. The number of nitrogens with zero attached hydrogens (tertiary/aromatic N) is 1. The van der Waals surface area contributed by atoms with Crippen LogP contribution in [0, 0.1) is 5.92 Å². The van der Waals surface area contributed by atoms with Gasteiger partial charge in [-0.15, -0.1) is 24.8 Å². The summed E-state index contributed by atoms with van der Waals surface area (Å²) >= 11 is 3.28. The van der Waals surface area contributed by atoms with E-state index in [2.05, 4.69) is 40.1 Å². The van der Waals surface area contributed by atoms with E-state index in [9.17, 15) is 4.79 Å². The summed E-state index contributed by atoms with van der Waals surface area (Å²) in [5.41, 5.74) is 6.04. The SMILES string of the molecule is CC(C)CC(CN)NC(=O)c1ccc(Br)cn1.Cl.Cl. The summed E-state index contributed by atoms with van der Waals surface area (Å²) in [6.45, 7) is 4.65. The number of carbonyl (C=O) groups is 1. The van der Waals surface area contributed by atoms with Crippen molar-refractivity contribution in [3.63, 3.8) is 0 Å². The predicted octanol–water partition coefficient (Wildman–Crippen LogP) is 2.79. The quantitative estimate of drug-likeness (QED) is 0.834. The topological polar surface area (TPSA) is 68.0 Å². The van der Waals surface area contributed by atoms with Gasteiger partial charge in [0.05, 0.1) is 0 Å². The number of carbonyl (C=O) groups excluding carboxylic acids is 1. The van der Waals surface area contributed by atoms with Crippen LogP contribution < -0.4 is 11.1 Å². The van der Waals surface area contributed by atoms with Crippen molar-refractivity contribution >= 4 is 46.7 Å². The molecule has 1 heterocycles. The Bertz CT molecular complexity index is 374. The first-order chi connectivity index (χ1) is 8.02. The average Bonchev–Trinajstić information content (AvgIpc) is 2.28. The molecular weight excluding hydrogens is 353 g/mol. The highest BCUT2D eigenvalue weighted by Gasteiger charge is 2.14. The molecule has 110 valence electrons. The molecule has 1 unspecified atom stereocenters. The standard InChI is InChI=1S/C12H18BrN3O.2ClH/c1-8(2)5-10(6-14)16-12(17)11-4-3-9(13)7-15-11;;/h3-4,7-8,10H,5-6,14H2,1-2H3,(H,16,17);2*1H. The van der Waals surface area contributed by atoms with Crippen LogP contribution in [-0.2, 0) is 0 Å². The van der Waals surface area contributed by atoms with E-state index in [1.165, 1.54) is 0 Å². The van der Waals surface area contributed by atoms with Gasteiger partial charge in [-0.05, 0) is 40.4 Å². The van der Waals surface area contributed by atoms with Crippen molar-refractivity contribution in [2.75, 3.05) is 6.54 Å². The van der Waals surface area contributed by atoms with Gasteiger partial charge in [0.25, 0.3) is 5.91 Å². The molecule has 3 N–H and O–H groups in total. The molecule has 1 rings (SSSR count). The third-order valence-corrected chi connectivity index (χ3v) is 2.80. The van der Waals surface area contributed by atoms with Crippen molar-refractivity contribution in [1.29, 1.82) is 0 Å². The second-order valence-electron chi connectivity index (χ2n) is 4.40. The van der Waals surface area contributed by atoms with E-state index in [0.717, 1.165) is 10.9 Å². The lowest BCUT2D eigenvalue weighted by Gasteiger charge is -2.18. The van der Waals surface area contributed by atoms with Gasteiger partial charge < -0.3 is 11.1 Å². The maximum Gasteiger partial charge on any atom is 0.270 e. The van der Waals surface area contributed by atoms with E-state index >= 15 is 0 Å². The van der Waals surface area contributed by atoms with Gasteiger partial charge in [-0.1, -0.05) is 13.8 Å². The van der Waals surface area contributed by atoms with E-state index < -0.39 is 0 Å². The highest BCUT2D eigenvalue weighted by Crippen LogP contribution is 2.08. The van der Waals surface area contributed by atoms with Crippen molar-refractivity contribution in [3.05, 3.63) is 28.5 Å². The number of rotatable bonds is 5. The maximum absolute atomic E-state index is 11.9. The van der Waals surface area contributed by atoms with Crippen LogP contribution in [0.15, 0.2) is 22.8 Å². The van der Waals surface area contributed by atoms with Crippen molar-refractivity contribution in [2.45, 2.75) is 26.3 Å². The largest absolute Gasteiger partial charge is 0.347 e. The van der Waals surface area contributed by atoms with E-state index in [1.807, 2.05) is 0 Å². The molecular formula is C12H20BrCl2N3O. The fourth-order valence-electron chi connectivity index (χ4n) is 1.55. The minimum absolute atomic E-state index is 0. The van der Waals surface area contributed by atoms with Gasteiger partial charge in [-0.3, -0.25) is 4.79 Å². The Morgan fingerprint density at radius 2 is 2.05 bits per heavy atom. The number of amides is 1. The molecule has 0 saturated heterocycles. The molecule has 0 spiro atoms. The molecule has 0 aliphatic rings. The molecule has 0 aliphatic heterocycles. The summed E-state index contributed by atoms with van der Waals surface area (Å²) < 4.78 is 0.853. The third kappa shape index (κ3) is 7.72. The average molecular weight is 373 g/mol. The van der Waals surface area contributed by atoms with Gasteiger partial charge in [0.2, 0.25) is 0 Å². The number of hydrogen-bond donors (Lipinski definition) is 2. The van der Waals surface area contributed by atoms with E-state index in [4.69, 9.17) is 5.73 Å². The molecule has 1 atom stereocenters. The number of nitrogens with one attached hydrogen (secondary N) is 1. The highest BCUT2D eigenvalue weighted by atomic mass is 79.9.